The molecule has 1 heterocycles. The smallest absolute Gasteiger partial charge is 0.123 e. The lowest BCUT2D eigenvalue weighted by molar-refractivity contribution is 0.227. The van der Waals surface area contributed by atoms with Crippen molar-refractivity contribution in [2.75, 3.05) is 0 Å². The van der Waals surface area contributed by atoms with Crippen LogP contribution in [-0.2, 0) is 6.42 Å². The van der Waals surface area contributed by atoms with Gasteiger partial charge in [-0.15, -0.1) is 11.6 Å². The average Bonchev–Trinajstić information content (AvgIpc) is 2.82. The molecule has 0 N–H and O–H groups in total. The number of fused-ring (bicyclic) bond motifs is 1. The molecule has 1 aliphatic heterocycles. The number of alkyl halides is 1. The standard InChI is InChI=1S/C16H15ClO/c1-11-6-8-12(9-7-11)16(17)15-10-13-4-2-3-5-14(13)18-15/h2-9,15-16H,10H2,1H3. The maximum absolute atomic E-state index is 6.53. The molecule has 1 aliphatic rings. The molecule has 2 aromatic carbocycles. The first-order valence-electron chi connectivity index (χ1n) is 6.19. The van der Waals surface area contributed by atoms with Crippen LogP contribution in [0.15, 0.2) is 48.5 Å². The minimum atomic E-state index is -0.0991. The second-order valence-corrected chi connectivity index (χ2v) is 5.25. The molecule has 0 aliphatic carbocycles. The van der Waals surface area contributed by atoms with Gasteiger partial charge < -0.3 is 4.74 Å². The zero-order chi connectivity index (χ0) is 12.5. The summed E-state index contributed by atoms with van der Waals surface area (Å²) < 4.78 is 5.92. The molecule has 92 valence electrons. The molecule has 1 nitrogen and oxygen atoms in total. The van der Waals surface area contributed by atoms with Crippen molar-refractivity contribution in [2.45, 2.75) is 24.8 Å². The minimum Gasteiger partial charge on any atom is -0.488 e. The number of hydrogen-bond acceptors (Lipinski definition) is 1. The number of hydrogen-bond donors (Lipinski definition) is 0. The molecule has 0 saturated carbocycles. The van der Waals surface area contributed by atoms with E-state index in [1.165, 1.54) is 11.1 Å². The van der Waals surface area contributed by atoms with Gasteiger partial charge in [-0.25, -0.2) is 0 Å². The Hall–Kier alpha value is -1.47. The number of rotatable bonds is 2. The van der Waals surface area contributed by atoms with E-state index in [1.807, 2.05) is 18.2 Å². The predicted molar refractivity (Wildman–Crippen MR) is 74.3 cm³/mol. The molecule has 0 bridgehead atoms. The van der Waals surface area contributed by atoms with E-state index in [0.717, 1.165) is 17.7 Å². The van der Waals surface area contributed by atoms with Gasteiger partial charge >= 0.3 is 0 Å². The molecule has 0 radical (unpaired) electrons. The van der Waals surface area contributed by atoms with Crippen LogP contribution in [0.25, 0.3) is 0 Å². The average molecular weight is 259 g/mol. The summed E-state index contributed by atoms with van der Waals surface area (Å²) in [6.07, 6.45) is 0.921. The Morgan fingerprint density at radius 2 is 1.83 bits per heavy atom. The second kappa shape index (κ2) is 4.66. The molecule has 2 heteroatoms. The number of ether oxygens (including phenoxy) is 1. The lowest BCUT2D eigenvalue weighted by atomic mass is 10.0. The molecular weight excluding hydrogens is 244 g/mol. The van der Waals surface area contributed by atoms with Crippen molar-refractivity contribution in [2.24, 2.45) is 0 Å². The highest BCUT2D eigenvalue weighted by molar-refractivity contribution is 6.21. The van der Waals surface area contributed by atoms with Gasteiger partial charge in [0.25, 0.3) is 0 Å². The summed E-state index contributed by atoms with van der Waals surface area (Å²) in [7, 11) is 0. The summed E-state index contributed by atoms with van der Waals surface area (Å²) in [5.41, 5.74) is 3.62. The number of aryl methyl sites for hydroxylation is 1. The van der Waals surface area contributed by atoms with Gasteiger partial charge in [0.1, 0.15) is 11.9 Å². The predicted octanol–water partition coefficient (Wildman–Crippen LogP) is 4.28. The molecule has 0 fully saturated rings. The summed E-state index contributed by atoms with van der Waals surface area (Å²) in [5, 5.41) is -0.0991. The van der Waals surface area contributed by atoms with Gasteiger partial charge in [-0.05, 0) is 24.1 Å². The SMILES string of the molecule is Cc1ccc(C(Cl)C2Cc3ccccc3O2)cc1. The van der Waals surface area contributed by atoms with Crippen LogP contribution in [0.1, 0.15) is 22.1 Å². The van der Waals surface area contributed by atoms with E-state index in [1.54, 1.807) is 0 Å². The Balaban J connectivity index is 1.80. The van der Waals surface area contributed by atoms with Crippen molar-refractivity contribution < 1.29 is 4.74 Å². The van der Waals surface area contributed by atoms with Crippen LogP contribution in [0.3, 0.4) is 0 Å². The third kappa shape index (κ3) is 2.11. The lowest BCUT2D eigenvalue weighted by Crippen LogP contribution is -2.19. The van der Waals surface area contributed by atoms with Crippen molar-refractivity contribution in [3.63, 3.8) is 0 Å². The molecule has 2 atom stereocenters. The van der Waals surface area contributed by atoms with E-state index in [9.17, 15) is 0 Å². The number of halogens is 1. The lowest BCUT2D eigenvalue weighted by Gasteiger charge is -2.17. The summed E-state index contributed by atoms with van der Waals surface area (Å²) in [5.74, 6) is 0.972. The molecule has 3 rings (SSSR count). The van der Waals surface area contributed by atoms with E-state index in [4.69, 9.17) is 16.3 Å². The highest BCUT2D eigenvalue weighted by atomic mass is 35.5. The largest absolute Gasteiger partial charge is 0.488 e. The fourth-order valence-electron chi connectivity index (χ4n) is 2.34. The monoisotopic (exact) mass is 258 g/mol. The van der Waals surface area contributed by atoms with Crippen molar-refractivity contribution in [1.29, 1.82) is 0 Å². The number of benzene rings is 2. The van der Waals surface area contributed by atoms with Crippen LogP contribution in [0.2, 0.25) is 0 Å². The first kappa shape index (κ1) is 11.6. The van der Waals surface area contributed by atoms with Gasteiger partial charge in [0, 0.05) is 6.42 Å². The summed E-state index contributed by atoms with van der Waals surface area (Å²) in [6, 6.07) is 16.5. The van der Waals surface area contributed by atoms with Gasteiger partial charge in [0.2, 0.25) is 0 Å². The summed E-state index contributed by atoms with van der Waals surface area (Å²) in [6.45, 7) is 2.08. The first-order chi connectivity index (χ1) is 8.74. The van der Waals surface area contributed by atoms with E-state index in [0.29, 0.717) is 0 Å². The molecule has 0 amide bonds. The Kier molecular flexibility index (Phi) is 3.00. The maximum Gasteiger partial charge on any atom is 0.123 e. The zero-order valence-electron chi connectivity index (χ0n) is 10.3. The molecule has 18 heavy (non-hydrogen) atoms. The van der Waals surface area contributed by atoms with Crippen LogP contribution in [-0.4, -0.2) is 6.10 Å². The fraction of sp³-hybridized carbons (Fsp3) is 0.250. The van der Waals surface area contributed by atoms with Crippen molar-refractivity contribution >= 4 is 11.6 Å². The summed E-state index contributed by atoms with van der Waals surface area (Å²) in [4.78, 5) is 0. The summed E-state index contributed by atoms with van der Waals surface area (Å²) >= 11 is 6.53. The van der Waals surface area contributed by atoms with Gasteiger partial charge in [-0.1, -0.05) is 48.0 Å². The molecular formula is C16H15ClO. The molecule has 2 unspecified atom stereocenters. The third-order valence-corrected chi connectivity index (χ3v) is 3.93. The molecule has 0 saturated heterocycles. The molecule has 0 spiro atoms. The first-order valence-corrected chi connectivity index (χ1v) is 6.63. The highest BCUT2D eigenvalue weighted by Crippen LogP contribution is 2.37. The Labute approximate surface area is 112 Å². The Morgan fingerprint density at radius 1 is 1.11 bits per heavy atom. The van der Waals surface area contributed by atoms with E-state index >= 15 is 0 Å². The van der Waals surface area contributed by atoms with Crippen molar-refractivity contribution in [3.05, 3.63) is 65.2 Å². The minimum absolute atomic E-state index is 0.0340. The second-order valence-electron chi connectivity index (χ2n) is 4.78. The zero-order valence-corrected chi connectivity index (χ0v) is 11.0. The van der Waals surface area contributed by atoms with E-state index in [2.05, 4.69) is 37.3 Å². The normalized spacial score (nSPS) is 19.1. The van der Waals surface area contributed by atoms with E-state index in [-0.39, 0.29) is 11.5 Å². The number of para-hydroxylation sites is 1. The van der Waals surface area contributed by atoms with Crippen molar-refractivity contribution in [1.82, 2.24) is 0 Å². The van der Waals surface area contributed by atoms with Gasteiger partial charge in [-0.3, -0.25) is 0 Å². The van der Waals surface area contributed by atoms with Crippen LogP contribution in [0.4, 0.5) is 0 Å². The Bertz CT molecular complexity index is 522. The maximum atomic E-state index is 6.53. The molecule has 0 aromatic heterocycles. The fourth-order valence-corrected chi connectivity index (χ4v) is 2.62. The quantitative estimate of drug-likeness (QED) is 0.731. The topological polar surface area (TPSA) is 9.23 Å². The van der Waals surface area contributed by atoms with Crippen LogP contribution < -0.4 is 4.74 Å². The van der Waals surface area contributed by atoms with Crippen LogP contribution in [0.5, 0.6) is 5.75 Å². The van der Waals surface area contributed by atoms with E-state index < -0.39 is 0 Å². The highest BCUT2D eigenvalue weighted by Gasteiger charge is 2.29. The van der Waals surface area contributed by atoms with Crippen molar-refractivity contribution in [3.8, 4) is 5.75 Å². The molecule has 2 aromatic rings. The van der Waals surface area contributed by atoms with Crippen LogP contribution in [0, 0.1) is 6.92 Å². The Morgan fingerprint density at radius 3 is 2.56 bits per heavy atom. The van der Waals surface area contributed by atoms with Crippen LogP contribution >= 0.6 is 11.6 Å². The van der Waals surface area contributed by atoms with Gasteiger partial charge in [-0.2, -0.15) is 0 Å². The van der Waals surface area contributed by atoms with Gasteiger partial charge in [0.15, 0.2) is 0 Å². The van der Waals surface area contributed by atoms with Gasteiger partial charge in [0.05, 0.1) is 5.38 Å². The third-order valence-electron chi connectivity index (χ3n) is 3.39.